The van der Waals surface area contributed by atoms with Crippen molar-refractivity contribution in [2.45, 2.75) is 25.6 Å². The Balaban J connectivity index is 1.35. The van der Waals surface area contributed by atoms with Gasteiger partial charge in [0.1, 0.15) is 0 Å². The second-order valence-electron chi connectivity index (χ2n) is 6.49. The van der Waals surface area contributed by atoms with Crippen molar-refractivity contribution in [1.29, 1.82) is 0 Å². The van der Waals surface area contributed by atoms with Gasteiger partial charge < -0.3 is 4.57 Å². The summed E-state index contributed by atoms with van der Waals surface area (Å²) >= 11 is 5.97. The molecule has 4 rings (SSSR count). The quantitative estimate of drug-likeness (QED) is 0.705. The van der Waals surface area contributed by atoms with Crippen molar-refractivity contribution >= 4 is 11.6 Å². The van der Waals surface area contributed by atoms with Gasteiger partial charge in [0.05, 0.1) is 17.3 Å². The van der Waals surface area contributed by atoms with E-state index in [0.717, 1.165) is 32.6 Å². The number of hydrogen-bond acceptors (Lipinski definition) is 2. The molecule has 0 aliphatic carbocycles. The highest BCUT2D eigenvalue weighted by Gasteiger charge is 2.24. The lowest BCUT2D eigenvalue weighted by Gasteiger charge is -2.15. The van der Waals surface area contributed by atoms with Gasteiger partial charge >= 0.3 is 0 Å². The molecule has 2 aromatic heterocycles. The number of halogens is 1. The molecule has 1 unspecified atom stereocenters. The number of hydrogen-bond donors (Lipinski definition) is 0. The van der Waals surface area contributed by atoms with Crippen LogP contribution in [0.4, 0.5) is 0 Å². The molecular formula is C19H21ClN4. The van der Waals surface area contributed by atoms with Crippen molar-refractivity contribution in [2.75, 3.05) is 13.1 Å². The van der Waals surface area contributed by atoms with Crippen molar-refractivity contribution in [3.8, 4) is 0 Å². The van der Waals surface area contributed by atoms with Gasteiger partial charge in [0.25, 0.3) is 0 Å². The molecule has 24 heavy (non-hydrogen) atoms. The van der Waals surface area contributed by atoms with Gasteiger partial charge in [-0.1, -0.05) is 41.9 Å². The lowest BCUT2D eigenvalue weighted by Crippen LogP contribution is -2.21. The second kappa shape index (κ2) is 6.83. The van der Waals surface area contributed by atoms with E-state index in [0.29, 0.717) is 11.1 Å². The van der Waals surface area contributed by atoms with Crippen LogP contribution in [0.5, 0.6) is 0 Å². The maximum atomic E-state index is 5.97. The molecular weight excluding hydrogens is 320 g/mol. The van der Waals surface area contributed by atoms with Crippen molar-refractivity contribution in [1.82, 2.24) is 19.2 Å². The van der Waals surface area contributed by atoms with Gasteiger partial charge in [0, 0.05) is 44.8 Å². The summed E-state index contributed by atoms with van der Waals surface area (Å²) in [5, 5.41) is 5.06. The Labute approximate surface area is 147 Å². The third-order valence-electron chi connectivity index (χ3n) is 4.62. The van der Waals surface area contributed by atoms with E-state index in [2.05, 4.69) is 63.4 Å². The van der Waals surface area contributed by atoms with Crippen LogP contribution in [0.2, 0.25) is 5.02 Å². The Morgan fingerprint density at radius 2 is 1.92 bits per heavy atom. The Bertz CT molecular complexity index is 793. The highest BCUT2D eigenvalue weighted by Crippen LogP contribution is 2.24. The minimum Gasteiger partial charge on any atom is -0.350 e. The van der Waals surface area contributed by atoms with E-state index in [-0.39, 0.29) is 0 Å². The Hall–Kier alpha value is -2.04. The van der Waals surface area contributed by atoms with Crippen LogP contribution in [0.25, 0.3) is 0 Å². The molecule has 1 fully saturated rings. The Morgan fingerprint density at radius 1 is 1.04 bits per heavy atom. The fraction of sp³-hybridized carbons (Fsp3) is 0.316. The first-order chi connectivity index (χ1) is 11.8. The van der Waals surface area contributed by atoms with Gasteiger partial charge in [-0.05, 0) is 23.6 Å². The van der Waals surface area contributed by atoms with Gasteiger partial charge in [0.15, 0.2) is 0 Å². The van der Waals surface area contributed by atoms with Crippen LogP contribution < -0.4 is 0 Å². The molecule has 4 nitrogen and oxygen atoms in total. The summed E-state index contributed by atoms with van der Waals surface area (Å²) in [4.78, 5) is 2.49. The largest absolute Gasteiger partial charge is 0.350 e. The zero-order chi connectivity index (χ0) is 16.4. The molecule has 0 saturated carbocycles. The summed E-state index contributed by atoms with van der Waals surface area (Å²) in [6.45, 7) is 4.05. The SMILES string of the molecule is Clc1cnn(C2CCN(Cc3ccn(Cc4ccccc4)c3)C2)c1. The topological polar surface area (TPSA) is 26.0 Å². The molecule has 0 amide bonds. The van der Waals surface area contributed by atoms with Gasteiger partial charge in [-0.2, -0.15) is 5.10 Å². The van der Waals surface area contributed by atoms with E-state index in [1.165, 1.54) is 11.1 Å². The summed E-state index contributed by atoms with van der Waals surface area (Å²) in [6, 6.07) is 13.2. The molecule has 1 aliphatic heterocycles. The summed E-state index contributed by atoms with van der Waals surface area (Å²) in [7, 11) is 0. The van der Waals surface area contributed by atoms with Crippen molar-refractivity contribution in [3.05, 3.63) is 77.3 Å². The highest BCUT2D eigenvalue weighted by molar-refractivity contribution is 6.30. The van der Waals surface area contributed by atoms with Gasteiger partial charge in [-0.25, -0.2) is 0 Å². The number of rotatable bonds is 5. The maximum absolute atomic E-state index is 5.97. The maximum Gasteiger partial charge on any atom is 0.0785 e. The van der Waals surface area contributed by atoms with Crippen LogP contribution in [0.15, 0.2) is 61.2 Å². The lowest BCUT2D eigenvalue weighted by atomic mass is 10.2. The predicted octanol–water partition coefficient (Wildman–Crippen LogP) is 3.83. The summed E-state index contributed by atoms with van der Waals surface area (Å²) in [6.07, 6.45) is 9.19. The number of nitrogens with zero attached hydrogens (tertiary/aromatic N) is 4. The van der Waals surface area contributed by atoms with Crippen LogP contribution in [-0.2, 0) is 13.1 Å². The van der Waals surface area contributed by atoms with Crippen LogP contribution in [0, 0.1) is 0 Å². The van der Waals surface area contributed by atoms with E-state index in [1.807, 2.05) is 10.9 Å². The van der Waals surface area contributed by atoms with Crippen molar-refractivity contribution < 1.29 is 0 Å². The lowest BCUT2D eigenvalue weighted by molar-refractivity contribution is 0.311. The second-order valence-corrected chi connectivity index (χ2v) is 6.93. The molecule has 0 radical (unpaired) electrons. The third-order valence-corrected chi connectivity index (χ3v) is 4.81. The van der Waals surface area contributed by atoms with Gasteiger partial charge in [-0.15, -0.1) is 0 Å². The molecule has 1 atom stereocenters. The van der Waals surface area contributed by atoms with Gasteiger partial charge in [-0.3, -0.25) is 9.58 Å². The Morgan fingerprint density at radius 3 is 2.71 bits per heavy atom. The predicted molar refractivity (Wildman–Crippen MR) is 96.1 cm³/mol. The third kappa shape index (κ3) is 3.55. The molecule has 1 aromatic carbocycles. The first-order valence-corrected chi connectivity index (χ1v) is 8.75. The zero-order valence-electron chi connectivity index (χ0n) is 13.6. The molecule has 0 spiro atoms. The summed E-state index contributed by atoms with van der Waals surface area (Å²) < 4.78 is 4.26. The normalized spacial score (nSPS) is 18.3. The van der Waals surface area contributed by atoms with E-state index < -0.39 is 0 Å². The van der Waals surface area contributed by atoms with Crippen LogP contribution in [-0.4, -0.2) is 32.3 Å². The van der Waals surface area contributed by atoms with Gasteiger partial charge in [0.2, 0.25) is 0 Å². The molecule has 1 saturated heterocycles. The zero-order valence-corrected chi connectivity index (χ0v) is 14.3. The monoisotopic (exact) mass is 340 g/mol. The van der Waals surface area contributed by atoms with E-state index in [4.69, 9.17) is 11.6 Å². The molecule has 0 N–H and O–H groups in total. The van der Waals surface area contributed by atoms with Crippen molar-refractivity contribution in [2.24, 2.45) is 0 Å². The molecule has 124 valence electrons. The average Bonchev–Trinajstić information content (AvgIpc) is 3.31. The summed E-state index contributed by atoms with van der Waals surface area (Å²) in [5.74, 6) is 0. The smallest absolute Gasteiger partial charge is 0.0785 e. The fourth-order valence-corrected chi connectivity index (χ4v) is 3.56. The molecule has 5 heteroatoms. The van der Waals surface area contributed by atoms with Crippen LogP contribution in [0.1, 0.15) is 23.6 Å². The highest BCUT2D eigenvalue weighted by atomic mass is 35.5. The molecule has 3 heterocycles. The number of benzene rings is 1. The average molecular weight is 341 g/mol. The molecule has 3 aromatic rings. The summed E-state index contributed by atoms with van der Waals surface area (Å²) in [5.41, 5.74) is 2.70. The molecule has 1 aliphatic rings. The Kier molecular flexibility index (Phi) is 4.41. The standard InChI is InChI=1S/C19H21ClN4/c20-18-10-21-24(14-18)19-7-9-23(15-19)13-17-6-8-22(12-17)11-16-4-2-1-3-5-16/h1-6,8,10,12,14,19H,7,9,11,13,15H2. The van der Waals surface area contributed by atoms with Crippen LogP contribution in [0.3, 0.4) is 0 Å². The van der Waals surface area contributed by atoms with E-state index >= 15 is 0 Å². The van der Waals surface area contributed by atoms with E-state index in [1.54, 1.807) is 6.20 Å². The fourth-order valence-electron chi connectivity index (χ4n) is 3.42. The molecule has 0 bridgehead atoms. The minimum absolute atomic E-state index is 0.434. The van der Waals surface area contributed by atoms with E-state index in [9.17, 15) is 0 Å². The first kappa shape index (κ1) is 15.5. The minimum atomic E-state index is 0.434. The van der Waals surface area contributed by atoms with Crippen LogP contribution >= 0.6 is 11.6 Å². The number of aromatic nitrogens is 3. The van der Waals surface area contributed by atoms with Crippen molar-refractivity contribution in [3.63, 3.8) is 0 Å². The number of likely N-dealkylation sites (tertiary alicyclic amines) is 1. The first-order valence-electron chi connectivity index (χ1n) is 8.37.